The molecule has 5 nitrogen and oxygen atoms in total. The minimum atomic E-state index is 0.0906. The van der Waals surface area contributed by atoms with Crippen LogP contribution < -0.4 is 5.73 Å². The maximum atomic E-state index is 6.10. The summed E-state index contributed by atoms with van der Waals surface area (Å²) in [5.74, 6) is 0.749. The fourth-order valence-corrected chi connectivity index (χ4v) is 2.59. The van der Waals surface area contributed by atoms with Gasteiger partial charge in [0.2, 0.25) is 0 Å². The highest BCUT2D eigenvalue weighted by molar-refractivity contribution is 5.49. The van der Waals surface area contributed by atoms with Crippen LogP contribution in [0.2, 0.25) is 0 Å². The molecule has 1 aliphatic carbocycles. The normalized spacial score (nSPS) is 18.6. The Labute approximate surface area is 112 Å². The number of nitrogens with two attached hydrogens (primary N) is 1. The molecule has 5 heteroatoms. The predicted octanol–water partition coefficient (Wildman–Crippen LogP) is 2.26. The first-order chi connectivity index (χ1) is 9.16. The second kappa shape index (κ2) is 4.74. The highest BCUT2D eigenvalue weighted by atomic mass is 15.1. The molecule has 1 atom stereocenters. The first-order valence-electron chi connectivity index (χ1n) is 6.80. The molecule has 19 heavy (non-hydrogen) atoms. The summed E-state index contributed by atoms with van der Waals surface area (Å²) in [4.78, 5) is 13.4. The molecule has 0 saturated carbocycles. The summed E-state index contributed by atoms with van der Waals surface area (Å²) in [5, 5.41) is 0. The van der Waals surface area contributed by atoms with E-state index in [1.807, 2.05) is 18.7 Å². The van der Waals surface area contributed by atoms with Crippen LogP contribution in [-0.4, -0.2) is 19.5 Å². The SMILES string of the molecule is CC(C)n1cncc1-c1ncc2c(n1)CCCC2N. The molecule has 0 saturated heterocycles. The summed E-state index contributed by atoms with van der Waals surface area (Å²) >= 11 is 0. The zero-order valence-electron chi connectivity index (χ0n) is 11.4. The smallest absolute Gasteiger partial charge is 0.178 e. The van der Waals surface area contributed by atoms with Crippen LogP contribution in [0.5, 0.6) is 0 Å². The van der Waals surface area contributed by atoms with E-state index in [-0.39, 0.29) is 6.04 Å². The lowest BCUT2D eigenvalue weighted by Crippen LogP contribution is -2.19. The van der Waals surface area contributed by atoms with Crippen LogP contribution in [-0.2, 0) is 6.42 Å². The molecule has 0 aromatic carbocycles. The highest BCUT2D eigenvalue weighted by Crippen LogP contribution is 2.28. The second-order valence-electron chi connectivity index (χ2n) is 5.37. The van der Waals surface area contributed by atoms with Crippen molar-refractivity contribution < 1.29 is 0 Å². The van der Waals surface area contributed by atoms with E-state index in [4.69, 9.17) is 10.7 Å². The van der Waals surface area contributed by atoms with Crippen molar-refractivity contribution in [3.63, 3.8) is 0 Å². The minimum Gasteiger partial charge on any atom is -0.325 e. The van der Waals surface area contributed by atoms with Gasteiger partial charge in [0.25, 0.3) is 0 Å². The maximum Gasteiger partial charge on any atom is 0.178 e. The molecule has 0 amide bonds. The van der Waals surface area contributed by atoms with E-state index in [2.05, 4.69) is 28.4 Å². The average Bonchev–Trinajstić information content (AvgIpc) is 2.88. The Morgan fingerprint density at radius 2 is 2.21 bits per heavy atom. The molecule has 0 spiro atoms. The molecule has 0 radical (unpaired) electrons. The number of fused-ring (bicyclic) bond motifs is 1. The predicted molar refractivity (Wildman–Crippen MR) is 73.5 cm³/mol. The van der Waals surface area contributed by atoms with Gasteiger partial charge in [-0.1, -0.05) is 0 Å². The first-order valence-corrected chi connectivity index (χ1v) is 6.80. The molecule has 2 heterocycles. The highest BCUT2D eigenvalue weighted by Gasteiger charge is 2.20. The Morgan fingerprint density at radius 3 is 3.00 bits per heavy atom. The van der Waals surface area contributed by atoms with Gasteiger partial charge in [0, 0.05) is 29.5 Å². The van der Waals surface area contributed by atoms with Gasteiger partial charge in [-0.2, -0.15) is 0 Å². The maximum absolute atomic E-state index is 6.10. The van der Waals surface area contributed by atoms with Crippen LogP contribution in [0, 0.1) is 0 Å². The standard InChI is InChI=1S/C14H19N5/c1-9(2)19-8-16-7-13(19)14-17-6-10-11(15)4-3-5-12(10)18-14/h6-9,11H,3-5,15H2,1-2H3. The Kier molecular flexibility index (Phi) is 3.06. The number of aromatic nitrogens is 4. The summed E-state index contributed by atoms with van der Waals surface area (Å²) in [6, 6.07) is 0.437. The van der Waals surface area contributed by atoms with Crippen LogP contribution in [0.15, 0.2) is 18.7 Å². The first kappa shape index (κ1) is 12.3. The molecule has 2 aromatic heterocycles. The summed E-state index contributed by atoms with van der Waals surface area (Å²) < 4.78 is 2.09. The van der Waals surface area contributed by atoms with Gasteiger partial charge in [0.1, 0.15) is 5.69 Å². The van der Waals surface area contributed by atoms with Crippen molar-refractivity contribution in [1.29, 1.82) is 0 Å². The molecule has 1 unspecified atom stereocenters. The zero-order chi connectivity index (χ0) is 13.4. The Balaban J connectivity index is 2.04. The molecule has 0 fully saturated rings. The van der Waals surface area contributed by atoms with E-state index < -0.39 is 0 Å². The molecule has 2 N–H and O–H groups in total. The second-order valence-corrected chi connectivity index (χ2v) is 5.37. The lowest BCUT2D eigenvalue weighted by atomic mass is 9.93. The van der Waals surface area contributed by atoms with Crippen LogP contribution in [0.1, 0.15) is 50.0 Å². The number of rotatable bonds is 2. The quantitative estimate of drug-likeness (QED) is 0.896. The van der Waals surface area contributed by atoms with Crippen LogP contribution in [0.25, 0.3) is 11.5 Å². The molecule has 100 valence electrons. The van der Waals surface area contributed by atoms with Crippen LogP contribution in [0.4, 0.5) is 0 Å². The van der Waals surface area contributed by atoms with Gasteiger partial charge in [-0.3, -0.25) is 0 Å². The third kappa shape index (κ3) is 2.14. The molecule has 0 bridgehead atoms. The largest absolute Gasteiger partial charge is 0.325 e. The monoisotopic (exact) mass is 257 g/mol. The van der Waals surface area contributed by atoms with Gasteiger partial charge in [0.15, 0.2) is 5.82 Å². The van der Waals surface area contributed by atoms with Crippen molar-refractivity contribution in [1.82, 2.24) is 19.5 Å². The van der Waals surface area contributed by atoms with Gasteiger partial charge in [-0.25, -0.2) is 15.0 Å². The third-order valence-electron chi connectivity index (χ3n) is 3.68. The van der Waals surface area contributed by atoms with E-state index in [0.717, 1.165) is 42.0 Å². The van der Waals surface area contributed by atoms with Crippen molar-refractivity contribution in [2.45, 2.75) is 45.2 Å². The fraction of sp³-hybridized carbons (Fsp3) is 0.500. The van der Waals surface area contributed by atoms with Crippen molar-refractivity contribution in [2.24, 2.45) is 5.73 Å². The number of aryl methyl sites for hydroxylation is 1. The summed E-state index contributed by atoms with van der Waals surface area (Å²) in [7, 11) is 0. The topological polar surface area (TPSA) is 69.6 Å². The van der Waals surface area contributed by atoms with Crippen molar-refractivity contribution in [3.8, 4) is 11.5 Å². The van der Waals surface area contributed by atoms with Crippen molar-refractivity contribution in [2.75, 3.05) is 0 Å². The van der Waals surface area contributed by atoms with Gasteiger partial charge < -0.3 is 10.3 Å². The average molecular weight is 257 g/mol. The molecule has 0 aliphatic heterocycles. The summed E-state index contributed by atoms with van der Waals surface area (Å²) in [6.45, 7) is 4.25. The fourth-order valence-electron chi connectivity index (χ4n) is 2.59. The van der Waals surface area contributed by atoms with Crippen molar-refractivity contribution >= 4 is 0 Å². The summed E-state index contributed by atoms with van der Waals surface area (Å²) in [6.07, 6.45) is 8.67. The molecule has 2 aromatic rings. The lowest BCUT2D eigenvalue weighted by molar-refractivity contribution is 0.555. The van der Waals surface area contributed by atoms with Crippen molar-refractivity contribution in [3.05, 3.63) is 30.0 Å². The van der Waals surface area contributed by atoms with Gasteiger partial charge in [-0.05, 0) is 33.1 Å². The lowest BCUT2D eigenvalue weighted by Gasteiger charge is -2.21. The summed E-state index contributed by atoms with van der Waals surface area (Å²) in [5.41, 5.74) is 9.26. The molecular weight excluding hydrogens is 238 g/mol. The van der Waals surface area contributed by atoms with Crippen LogP contribution >= 0.6 is 0 Å². The van der Waals surface area contributed by atoms with E-state index >= 15 is 0 Å². The molecule has 3 rings (SSSR count). The number of hydrogen-bond donors (Lipinski definition) is 1. The Bertz CT molecular complexity index is 587. The molecular formula is C14H19N5. The van der Waals surface area contributed by atoms with E-state index in [1.54, 1.807) is 0 Å². The zero-order valence-corrected chi connectivity index (χ0v) is 11.4. The minimum absolute atomic E-state index is 0.0906. The van der Waals surface area contributed by atoms with E-state index in [9.17, 15) is 0 Å². The van der Waals surface area contributed by atoms with Crippen LogP contribution in [0.3, 0.4) is 0 Å². The van der Waals surface area contributed by atoms with Gasteiger partial charge >= 0.3 is 0 Å². The van der Waals surface area contributed by atoms with Gasteiger partial charge in [-0.15, -0.1) is 0 Å². The molecule has 1 aliphatic rings. The third-order valence-corrected chi connectivity index (χ3v) is 3.68. The van der Waals surface area contributed by atoms with Gasteiger partial charge in [0.05, 0.1) is 12.5 Å². The van der Waals surface area contributed by atoms with E-state index in [0.29, 0.717) is 6.04 Å². The Hall–Kier alpha value is -1.75. The van der Waals surface area contributed by atoms with E-state index in [1.165, 1.54) is 0 Å². The Morgan fingerprint density at radius 1 is 1.37 bits per heavy atom. The number of nitrogens with zero attached hydrogens (tertiary/aromatic N) is 4. The number of hydrogen-bond acceptors (Lipinski definition) is 4. The number of imidazole rings is 1.